The molecule has 2 aromatic rings. The van der Waals surface area contributed by atoms with Gasteiger partial charge in [0.1, 0.15) is 5.82 Å². The fourth-order valence-electron chi connectivity index (χ4n) is 1.71. The molecule has 0 radical (unpaired) electrons. The van der Waals surface area contributed by atoms with Crippen LogP contribution in [0, 0.1) is 5.82 Å². The lowest BCUT2D eigenvalue weighted by Gasteiger charge is -2.07. The van der Waals surface area contributed by atoms with Crippen molar-refractivity contribution >= 4 is 35.0 Å². The minimum absolute atomic E-state index is 0.0620. The number of hydrogen-bond acceptors (Lipinski definition) is 2. The van der Waals surface area contributed by atoms with E-state index >= 15 is 0 Å². The van der Waals surface area contributed by atoms with Gasteiger partial charge in [0.05, 0.1) is 21.2 Å². The van der Waals surface area contributed by atoms with E-state index in [1.165, 1.54) is 24.3 Å². The highest BCUT2D eigenvalue weighted by Gasteiger charge is 2.22. The van der Waals surface area contributed by atoms with E-state index in [9.17, 15) is 14.0 Å². The molecule has 3 nitrogen and oxygen atoms in total. The lowest BCUT2D eigenvalue weighted by molar-refractivity contribution is 0.0692. The van der Waals surface area contributed by atoms with Gasteiger partial charge < -0.3 is 5.11 Å². The fourth-order valence-corrected chi connectivity index (χ4v) is 2.01. The number of hydrogen-bond donors (Lipinski definition) is 1. The summed E-state index contributed by atoms with van der Waals surface area (Å²) in [5, 5.41) is 9.39. The van der Waals surface area contributed by atoms with Crippen molar-refractivity contribution in [3.8, 4) is 0 Å². The quantitative estimate of drug-likeness (QED) is 0.869. The Morgan fingerprint density at radius 2 is 1.75 bits per heavy atom. The summed E-state index contributed by atoms with van der Waals surface area (Å²) < 4.78 is 13.8. The van der Waals surface area contributed by atoms with Crippen molar-refractivity contribution in [3.63, 3.8) is 0 Å². The van der Waals surface area contributed by atoms with E-state index in [-0.39, 0.29) is 15.6 Å². The molecule has 0 unspecified atom stereocenters. The Labute approximate surface area is 123 Å². The Bertz CT molecular complexity index is 714. The van der Waals surface area contributed by atoms with Gasteiger partial charge in [-0.2, -0.15) is 0 Å². The lowest BCUT2D eigenvalue weighted by atomic mass is 9.98. The van der Waals surface area contributed by atoms with Crippen molar-refractivity contribution < 1.29 is 19.1 Å². The van der Waals surface area contributed by atoms with Crippen LogP contribution in [-0.4, -0.2) is 16.9 Å². The molecule has 0 aromatic heterocycles. The van der Waals surface area contributed by atoms with Crippen molar-refractivity contribution in [2.75, 3.05) is 0 Å². The number of carboxylic acids is 1. The highest BCUT2D eigenvalue weighted by atomic mass is 35.5. The minimum Gasteiger partial charge on any atom is -0.478 e. The SMILES string of the molecule is O=C(O)c1cccc(F)c1C(=O)c1ccc(Cl)c(Cl)c1. The van der Waals surface area contributed by atoms with Gasteiger partial charge in [0.15, 0.2) is 5.78 Å². The van der Waals surface area contributed by atoms with E-state index in [1.807, 2.05) is 0 Å². The normalized spacial score (nSPS) is 10.3. The van der Waals surface area contributed by atoms with Gasteiger partial charge in [-0.25, -0.2) is 9.18 Å². The van der Waals surface area contributed by atoms with Crippen molar-refractivity contribution in [2.24, 2.45) is 0 Å². The molecule has 0 aliphatic heterocycles. The van der Waals surface area contributed by atoms with Gasteiger partial charge in [-0.15, -0.1) is 0 Å². The number of carbonyl (C=O) groups is 2. The Hall–Kier alpha value is -1.91. The van der Waals surface area contributed by atoms with Crippen LogP contribution in [0.2, 0.25) is 10.0 Å². The lowest BCUT2D eigenvalue weighted by Crippen LogP contribution is -2.12. The third-order valence-electron chi connectivity index (χ3n) is 2.65. The molecule has 0 fully saturated rings. The van der Waals surface area contributed by atoms with Crippen LogP contribution < -0.4 is 0 Å². The number of rotatable bonds is 3. The summed E-state index contributed by atoms with van der Waals surface area (Å²) in [5.74, 6) is -3.05. The third-order valence-corrected chi connectivity index (χ3v) is 3.39. The second-order valence-electron chi connectivity index (χ2n) is 3.93. The second-order valence-corrected chi connectivity index (χ2v) is 4.74. The number of halogens is 3. The number of aromatic carboxylic acids is 1. The summed E-state index contributed by atoms with van der Waals surface area (Å²) in [6, 6.07) is 7.43. The second kappa shape index (κ2) is 5.61. The molecule has 0 saturated heterocycles. The predicted molar refractivity (Wildman–Crippen MR) is 73.3 cm³/mol. The van der Waals surface area contributed by atoms with Crippen molar-refractivity contribution in [1.82, 2.24) is 0 Å². The van der Waals surface area contributed by atoms with Crippen molar-refractivity contribution in [1.29, 1.82) is 0 Å². The first-order chi connectivity index (χ1) is 9.41. The van der Waals surface area contributed by atoms with E-state index in [0.29, 0.717) is 0 Å². The van der Waals surface area contributed by atoms with Gasteiger partial charge in [-0.05, 0) is 30.3 Å². The molecule has 0 saturated carbocycles. The smallest absolute Gasteiger partial charge is 0.336 e. The topological polar surface area (TPSA) is 54.4 Å². The number of carboxylic acid groups (broad SMARTS) is 1. The Morgan fingerprint density at radius 3 is 2.35 bits per heavy atom. The van der Waals surface area contributed by atoms with E-state index < -0.39 is 28.7 Å². The maximum absolute atomic E-state index is 13.8. The maximum atomic E-state index is 13.8. The molecule has 0 aliphatic rings. The monoisotopic (exact) mass is 312 g/mol. The Morgan fingerprint density at radius 1 is 1.05 bits per heavy atom. The van der Waals surface area contributed by atoms with Crippen molar-refractivity contribution in [3.05, 3.63) is 69.0 Å². The first-order valence-electron chi connectivity index (χ1n) is 5.43. The summed E-state index contributed by atoms with van der Waals surface area (Å²) in [6.07, 6.45) is 0. The van der Waals surface area contributed by atoms with Gasteiger partial charge >= 0.3 is 5.97 Å². The highest BCUT2D eigenvalue weighted by molar-refractivity contribution is 6.42. The van der Waals surface area contributed by atoms with Crippen LogP contribution in [0.3, 0.4) is 0 Å². The average Bonchev–Trinajstić information content (AvgIpc) is 2.40. The van der Waals surface area contributed by atoms with Crippen LogP contribution in [-0.2, 0) is 0 Å². The molecule has 1 N–H and O–H groups in total. The fraction of sp³-hybridized carbons (Fsp3) is 0. The van der Waals surface area contributed by atoms with E-state index in [4.69, 9.17) is 28.3 Å². The Balaban J connectivity index is 2.59. The van der Waals surface area contributed by atoms with Crippen LogP contribution in [0.1, 0.15) is 26.3 Å². The van der Waals surface area contributed by atoms with Crippen molar-refractivity contribution in [2.45, 2.75) is 0 Å². The molecule has 0 heterocycles. The van der Waals surface area contributed by atoms with Crippen LogP contribution >= 0.6 is 23.2 Å². The van der Waals surface area contributed by atoms with E-state index in [1.54, 1.807) is 0 Å². The molecule has 0 bridgehead atoms. The number of benzene rings is 2. The standard InChI is InChI=1S/C14H7Cl2FO3/c15-9-5-4-7(6-10(9)16)13(18)12-8(14(19)20)2-1-3-11(12)17/h1-6H,(H,19,20). The first kappa shape index (κ1) is 14.5. The molecule has 0 atom stereocenters. The molecule has 6 heteroatoms. The highest BCUT2D eigenvalue weighted by Crippen LogP contribution is 2.25. The first-order valence-corrected chi connectivity index (χ1v) is 6.19. The third kappa shape index (κ3) is 2.66. The number of carbonyl (C=O) groups excluding carboxylic acids is 1. The molecular weight excluding hydrogens is 306 g/mol. The average molecular weight is 313 g/mol. The van der Waals surface area contributed by atoms with Gasteiger partial charge in [0.25, 0.3) is 0 Å². The van der Waals surface area contributed by atoms with Crippen LogP contribution in [0.4, 0.5) is 4.39 Å². The predicted octanol–water partition coefficient (Wildman–Crippen LogP) is 4.06. The zero-order valence-electron chi connectivity index (χ0n) is 9.86. The molecule has 20 heavy (non-hydrogen) atoms. The van der Waals surface area contributed by atoms with Crippen LogP contribution in [0.5, 0.6) is 0 Å². The summed E-state index contributed by atoms with van der Waals surface area (Å²) in [5.41, 5.74) is -0.841. The molecule has 0 spiro atoms. The van der Waals surface area contributed by atoms with Gasteiger partial charge in [0.2, 0.25) is 0 Å². The van der Waals surface area contributed by atoms with Gasteiger partial charge in [0, 0.05) is 5.56 Å². The largest absolute Gasteiger partial charge is 0.478 e. The van der Waals surface area contributed by atoms with E-state index in [2.05, 4.69) is 0 Å². The van der Waals surface area contributed by atoms with Crippen LogP contribution in [0.15, 0.2) is 36.4 Å². The molecule has 0 aliphatic carbocycles. The summed E-state index contributed by atoms with van der Waals surface area (Å²) in [6.45, 7) is 0. The van der Waals surface area contributed by atoms with E-state index in [0.717, 1.165) is 12.1 Å². The summed E-state index contributed by atoms with van der Waals surface area (Å²) in [4.78, 5) is 23.3. The maximum Gasteiger partial charge on any atom is 0.336 e. The minimum atomic E-state index is -1.38. The zero-order valence-corrected chi connectivity index (χ0v) is 11.4. The summed E-state index contributed by atoms with van der Waals surface area (Å²) in [7, 11) is 0. The molecule has 102 valence electrons. The Kier molecular flexibility index (Phi) is 4.06. The zero-order chi connectivity index (χ0) is 14.9. The number of ketones is 1. The molecule has 2 aromatic carbocycles. The summed E-state index contributed by atoms with van der Waals surface area (Å²) >= 11 is 11.5. The van der Waals surface area contributed by atoms with Crippen LogP contribution in [0.25, 0.3) is 0 Å². The molecule has 2 rings (SSSR count). The van der Waals surface area contributed by atoms with Gasteiger partial charge in [-0.3, -0.25) is 4.79 Å². The molecule has 0 amide bonds. The van der Waals surface area contributed by atoms with Gasteiger partial charge in [-0.1, -0.05) is 29.3 Å². The molecular formula is C14H7Cl2FO3.